The highest BCUT2D eigenvalue weighted by Gasteiger charge is 2.64. The minimum Gasteiger partial charge on any atom is -0.495 e. The molecule has 8 atom stereocenters. The molecule has 2 aromatic carbocycles. The molecule has 6 N–H and O–H groups in total. The number of aromatic nitrogens is 1. The fraction of sp³-hybridized carbons (Fsp3) is 0.531. The zero-order valence-electron chi connectivity index (χ0n) is 40.8. The highest BCUT2D eigenvalue weighted by Crippen LogP contribution is 2.49. The van der Waals surface area contributed by atoms with Gasteiger partial charge in [0.25, 0.3) is 0 Å². The Bertz CT molecular complexity index is 2450. The first-order chi connectivity index (χ1) is 32.7. The van der Waals surface area contributed by atoms with Crippen LogP contribution in [0.2, 0.25) is 5.02 Å². The predicted molar refractivity (Wildman–Crippen MR) is 259 cm³/mol. The Morgan fingerprint density at radius 2 is 1.87 bits per heavy atom. The van der Waals surface area contributed by atoms with Gasteiger partial charge in [0.05, 0.1) is 38.4 Å². The number of amides is 4. The lowest BCUT2D eigenvalue weighted by molar-refractivity contribution is -0.161. The molecule has 2 fully saturated rings. The van der Waals surface area contributed by atoms with E-state index in [9.17, 15) is 34.2 Å². The monoisotopic (exact) mass is 978 g/mol. The molecule has 3 aliphatic rings. The fourth-order valence-electron chi connectivity index (χ4n) is 8.85. The van der Waals surface area contributed by atoms with Crippen molar-refractivity contribution in [2.75, 3.05) is 59.8 Å². The number of nitrogens with zero attached hydrogens (tertiary/aromatic N) is 4. The summed E-state index contributed by atoms with van der Waals surface area (Å²) < 4.78 is 25.7. The molecule has 0 aliphatic carbocycles. The Morgan fingerprint density at radius 3 is 2.59 bits per heavy atom. The van der Waals surface area contributed by atoms with Crippen LogP contribution in [-0.2, 0) is 52.9 Å². The molecule has 0 spiro atoms. The van der Waals surface area contributed by atoms with Gasteiger partial charge < -0.3 is 54.2 Å². The van der Waals surface area contributed by atoms with Crippen molar-refractivity contribution in [2.24, 2.45) is 5.92 Å². The maximum absolute atomic E-state index is 14.3. The Balaban J connectivity index is 1.11. The first-order valence-electron chi connectivity index (χ1n) is 23.1. The summed E-state index contributed by atoms with van der Waals surface area (Å²) in [5.41, 5.74) is 3.78. The number of aliphatic hydroxyl groups excluding tert-OH is 1. The van der Waals surface area contributed by atoms with Crippen molar-refractivity contribution >= 4 is 58.0 Å². The standard InChI is InChI=1S/C49H67ClN8O11/c1-29-13-12-16-39(59)49(65)26-38(67-47(64)54-49)30(2)45-48(4,69-45)40(25-42(61)57(8)36-22-32(21-29)23-37(66-9)44(36)50)68-46(63)31(3)56(7)43(62)27-52-18-19-53-41(60)17-20-58-34(28-55(6)51-5)24-33-14-10-11-15-35(33)58/h10-16,22-24,30-31,38-40,45,51-52,59,65H,17-21,25-28H2,1-9H3,(H,53,60)(H,54,64)/b16-12+,29-13+/t30-,31+,38+,39-,40+,45?,48+,49+/m1/s1. The molecule has 69 heavy (non-hydrogen) atoms. The molecule has 376 valence electrons. The zero-order chi connectivity index (χ0) is 50.4. The van der Waals surface area contributed by atoms with E-state index in [0.29, 0.717) is 30.9 Å². The van der Waals surface area contributed by atoms with Crippen LogP contribution in [-0.4, -0.2) is 151 Å². The van der Waals surface area contributed by atoms with Crippen LogP contribution in [0.3, 0.4) is 0 Å². The summed E-state index contributed by atoms with van der Waals surface area (Å²) in [4.78, 5) is 70.0. The van der Waals surface area contributed by atoms with Crippen molar-refractivity contribution in [3.8, 4) is 5.75 Å². The van der Waals surface area contributed by atoms with E-state index < -0.39 is 71.6 Å². The predicted octanol–water partition coefficient (Wildman–Crippen LogP) is 3.18. The van der Waals surface area contributed by atoms with Gasteiger partial charge in [-0.1, -0.05) is 60.5 Å². The molecule has 6 rings (SSSR count). The number of benzene rings is 2. The number of carbonyl (C=O) groups is 5. The smallest absolute Gasteiger partial charge is 0.409 e. The van der Waals surface area contributed by atoms with Crippen molar-refractivity contribution in [2.45, 2.75) is 108 Å². The third kappa shape index (κ3) is 12.4. The number of allylic oxidation sites excluding steroid dienone is 3. The van der Waals surface area contributed by atoms with Crippen molar-refractivity contribution in [3.05, 3.63) is 82.5 Å². The molecule has 4 bridgehead atoms. The van der Waals surface area contributed by atoms with Crippen molar-refractivity contribution < 1.29 is 53.1 Å². The van der Waals surface area contributed by atoms with Gasteiger partial charge in [-0.3, -0.25) is 25.1 Å². The molecule has 0 radical (unpaired) electrons. The van der Waals surface area contributed by atoms with Crippen LogP contribution in [0, 0.1) is 5.92 Å². The number of methoxy groups -OCH3 is 1. The van der Waals surface area contributed by atoms with Gasteiger partial charge in [-0.2, -0.15) is 0 Å². The third-order valence-corrected chi connectivity index (χ3v) is 13.8. The number of halogens is 1. The number of carbonyl (C=O) groups excluding carboxylic acids is 5. The molecule has 2 saturated heterocycles. The minimum atomic E-state index is -2.09. The van der Waals surface area contributed by atoms with E-state index in [1.165, 1.54) is 37.0 Å². The number of rotatable bonds is 15. The van der Waals surface area contributed by atoms with Gasteiger partial charge in [-0.05, 0) is 69.5 Å². The lowest BCUT2D eigenvalue weighted by Crippen LogP contribution is -2.63. The maximum atomic E-state index is 14.3. The van der Waals surface area contributed by atoms with Crippen LogP contribution in [0.1, 0.15) is 58.2 Å². The number of hydrogen-bond donors (Lipinski definition) is 6. The number of fused-ring (bicyclic) bond motifs is 6. The SMILES string of the molecule is CNN(C)Cc1cc2ccccc2n1CCC(=O)NCCNCC(=O)N(C)[C@@H](C)C(=O)O[C@H]1CC(=O)N(C)c2cc(cc(OC)c2Cl)C/C(C)=C/C=C/[C@@H](O)[C@@]2(O)C[C@H](OC(=O)N2)[C@@H](C)C2O[C@]21C. The van der Waals surface area contributed by atoms with E-state index in [1.54, 1.807) is 45.2 Å². The van der Waals surface area contributed by atoms with E-state index in [1.807, 2.05) is 50.3 Å². The normalized spacial score (nSPS) is 26.8. The summed E-state index contributed by atoms with van der Waals surface area (Å²) in [6, 6.07) is 12.6. The summed E-state index contributed by atoms with van der Waals surface area (Å²) in [5.74, 6) is -2.15. The van der Waals surface area contributed by atoms with E-state index in [-0.39, 0.29) is 49.8 Å². The van der Waals surface area contributed by atoms with E-state index in [2.05, 4.69) is 32.0 Å². The number of anilines is 1. The van der Waals surface area contributed by atoms with Crippen LogP contribution in [0.4, 0.5) is 10.5 Å². The summed E-state index contributed by atoms with van der Waals surface area (Å²) in [6.45, 7) is 8.34. The molecule has 1 unspecified atom stereocenters. The molecule has 4 amide bonds. The van der Waals surface area contributed by atoms with Crippen LogP contribution in [0.5, 0.6) is 5.75 Å². The summed E-state index contributed by atoms with van der Waals surface area (Å²) >= 11 is 6.79. The lowest BCUT2D eigenvalue weighted by Gasteiger charge is -2.41. The number of ether oxygens (including phenoxy) is 4. The third-order valence-electron chi connectivity index (χ3n) is 13.4. The number of para-hydroxylation sites is 1. The summed E-state index contributed by atoms with van der Waals surface area (Å²) in [6.07, 6.45) is -0.644. The quantitative estimate of drug-likeness (QED) is 0.0557. The zero-order valence-corrected chi connectivity index (χ0v) is 41.6. The van der Waals surface area contributed by atoms with Gasteiger partial charge in [-0.25, -0.2) is 14.6 Å². The molecular formula is C49H67ClN8O11. The Hall–Kier alpha value is -5.54. The number of likely N-dealkylation sites (N-methyl/N-ethyl adjacent to an activating group) is 1. The second-order valence-corrected chi connectivity index (χ2v) is 18.8. The second kappa shape index (κ2) is 22.5. The number of esters is 1. The molecule has 19 nitrogen and oxygen atoms in total. The van der Waals surface area contributed by atoms with Crippen molar-refractivity contribution in [1.29, 1.82) is 0 Å². The van der Waals surface area contributed by atoms with Gasteiger partial charge in [0.1, 0.15) is 40.7 Å². The van der Waals surface area contributed by atoms with E-state index in [0.717, 1.165) is 27.7 Å². The van der Waals surface area contributed by atoms with Gasteiger partial charge in [0.15, 0.2) is 5.72 Å². The van der Waals surface area contributed by atoms with E-state index >= 15 is 0 Å². The average molecular weight is 980 g/mol. The molecule has 20 heteroatoms. The molecule has 4 heterocycles. The Kier molecular flexibility index (Phi) is 17.2. The second-order valence-electron chi connectivity index (χ2n) is 18.4. The Morgan fingerprint density at radius 1 is 1.13 bits per heavy atom. The maximum Gasteiger partial charge on any atom is 0.409 e. The average Bonchev–Trinajstić information content (AvgIpc) is 3.90. The Labute approximate surface area is 408 Å². The number of aliphatic hydroxyl groups is 2. The number of hydrazine groups is 1. The van der Waals surface area contributed by atoms with E-state index in [4.69, 9.17) is 30.5 Å². The van der Waals surface area contributed by atoms with Crippen molar-refractivity contribution in [1.82, 2.24) is 35.9 Å². The van der Waals surface area contributed by atoms with Crippen LogP contribution >= 0.6 is 11.6 Å². The number of nitrogens with one attached hydrogen (secondary N) is 4. The summed E-state index contributed by atoms with van der Waals surface area (Å²) in [5, 5.41) is 34.2. The van der Waals surface area contributed by atoms with Gasteiger partial charge >= 0.3 is 12.1 Å². The first-order valence-corrected chi connectivity index (χ1v) is 23.5. The molecule has 0 saturated carbocycles. The van der Waals surface area contributed by atoms with Gasteiger partial charge in [0, 0.05) is 70.7 Å². The minimum absolute atomic E-state index is 0.139. The topological polar surface area (TPSA) is 229 Å². The van der Waals surface area contributed by atoms with Crippen molar-refractivity contribution in [3.63, 3.8) is 0 Å². The van der Waals surface area contributed by atoms with Crippen LogP contribution < -0.4 is 31.0 Å². The lowest BCUT2D eigenvalue weighted by atomic mass is 9.83. The largest absolute Gasteiger partial charge is 0.495 e. The van der Waals surface area contributed by atoms with Crippen LogP contribution in [0.15, 0.2) is 66.3 Å². The molecule has 1 aromatic heterocycles. The van der Waals surface area contributed by atoms with Gasteiger partial charge in [-0.15, -0.1) is 0 Å². The van der Waals surface area contributed by atoms with Crippen LogP contribution in [0.25, 0.3) is 10.9 Å². The molecule has 3 aromatic rings. The number of alkyl carbamates (subject to hydrolysis) is 1. The fourth-order valence-corrected chi connectivity index (χ4v) is 9.17. The number of epoxide rings is 1. The molecular weight excluding hydrogens is 912 g/mol. The number of hydrogen-bond acceptors (Lipinski definition) is 14. The highest BCUT2D eigenvalue weighted by molar-refractivity contribution is 6.35. The highest BCUT2D eigenvalue weighted by atomic mass is 35.5. The molecule has 3 aliphatic heterocycles. The summed E-state index contributed by atoms with van der Waals surface area (Å²) in [7, 11) is 8.28. The number of aryl methyl sites for hydroxylation is 1. The van der Waals surface area contributed by atoms with Gasteiger partial charge in [0.2, 0.25) is 17.7 Å². The first kappa shape index (κ1) is 52.8.